The van der Waals surface area contributed by atoms with Gasteiger partial charge >= 0.3 is 0 Å². The van der Waals surface area contributed by atoms with Crippen molar-refractivity contribution in [3.63, 3.8) is 0 Å². The Morgan fingerprint density at radius 2 is 2.38 bits per heavy atom. The van der Waals surface area contributed by atoms with E-state index in [4.69, 9.17) is 14.6 Å². The SMILES string of the molecule is [2H]C([2H])([2H])Oc1ccc2ncnc(N)c2c1. The quantitative estimate of drug-likeness (QED) is 0.713. The van der Waals surface area contributed by atoms with E-state index in [0.29, 0.717) is 16.7 Å². The third-order valence-electron chi connectivity index (χ3n) is 1.76. The van der Waals surface area contributed by atoms with E-state index in [0.717, 1.165) is 0 Å². The number of rotatable bonds is 1. The first-order valence-corrected chi connectivity index (χ1v) is 3.65. The van der Waals surface area contributed by atoms with E-state index in [1.807, 2.05) is 0 Å². The fraction of sp³-hybridized carbons (Fsp3) is 0.111. The van der Waals surface area contributed by atoms with Gasteiger partial charge in [0.25, 0.3) is 0 Å². The van der Waals surface area contributed by atoms with Crippen LogP contribution in [0.3, 0.4) is 0 Å². The summed E-state index contributed by atoms with van der Waals surface area (Å²) in [5, 5.41) is 0.573. The maximum absolute atomic E-state index is 6.98. The second-order valence-corrected chi connectivity index (χ2v) is 2.54. The number of nitrogens with two attached hydrogens (primary N) is 1. The fourth-order valence-electron chi connectivity index (χ4n) is 1.12. The summed E-state index contributed by atoms with van der Waals surface area (Å²) < 4.78 is 25.7. The Balaban J connectivity index is 2.47. The van der Waals surface area contributed by atoms with Crippen LogP contribution in [0.2, 0.25) is 0 Å². The van der Waals surface area contributed by atoms with Crippen molar-refractivity contribution in [2.75, 3.05) is 12.8 Å². The Kier molecular flexibility index (Phi) is 1.12. The molecule has 2 rings (SSSR count). The van der Waals surface area contributed by atoms with Crippen LogP contribution in [0.4, 0.5) is 5.82 Å². The third kappa shape index (κ3) is 1.26. The minimum absolute atomic E-state index is 0.217. The molecular weight excluding hydrogens is 166 g/mol. The molecule has 0 aliphatic heterocycles. The normalized spacial score (nSPS) is 14.6. The van der Waals surface area contributed by atoms with Gasteiger partial charge in [0.15, 0.2) is 0 Å². The van der Waals surface area contributed by atoms with Gasteiger partial charge in [-0.05, 0) is 18.2 Å². The number of aromatic nitrogens is 2. The average molecular weight is 178 g/mol. The van der Waals surface area contributed by atoms with Crippen LogP contribution in [0.15, 0.2) is 24.5 Å². The largest absolute Gasteiger partial charge is 0.497 e. The van der Waals surface area contributed by atoms with E-state index < -0.39 is 7.04 Å². The molecule has 0 saturated heterocycles. The molecule has 4 nitrogen and oxygen atoms in total. The highest BCUT2D eigenvalue weighted by molar-refractivity contribution is 5.88. The molecular formula is C9H9N3O. The van der Waals surface area contributed by atoms with Crippen LogP contribution in [-0.4, -0.2) is 17.0 Å². The van der Waals surface area contributed by atoms with E-state index >= 15 is 0 Å². The lowest BCUT2D eigenvalue weighted by atomic mass is 10.2. The van der Waals surface area contributed by atoms with Gasteiger partial charge in [-0.2, -0.15) is 0 Å². The summed E-state index contributed by atoms with van der Waals surface area (Å²) >= 11 is 0. The Bertz CT molecular complexity index is 527. The summed E-state index contributed by atoms with van der Waals surface area (Å²) in [6, 6.07) is 4.67. The average Bonchev–Trinajstić information content (AvgIpc) is 2.17. The number of anilines is 1. The minimum atomic E-state index is -2.47. The molecule has 0 bridgehead atoms. The number of hydrogen-bond acceptors (Lipinski definition) is 4. The predicted octanol–water partition coefficient (Wildman–Crippen LogP) is 1.22. The van der Waals surface area contributed by atoms with Crippen molar-refractivity contribution in [3.8, 4) is 5.75 Å². The molecule has 0 amide bonds. The van der Waals surface area contributed by atoms with Crippen LogP contribution in [0, 0.1) is 0 Å². The summed E-state index contributed by atoms with van der Waals surface area (Å²) in [6.45, 7) is 0. The van der Waals surface area contributed by atoms with Crippen molar-refractivity contribution < 1.29 is 8.85 Å². The third-order valence-corrected chi connectivity index (χ3v) is 1.76. The fourth-order valence-corrected chi connectivity index (χ4v) is 1.12. The van der Waals surface area contributed by atoms with Crippen molar-refractivity contribution in [3.05, 3.63) is 24.5 Å². The van der Waals surface area contributed by atoms with Gasteiger partial charge in [0.05, 0.1) is 16.7 Å². The predicted molar refractivity (Wildman–Crippen MR) is 50.5 cm³/mol. The van der Waals surface area contributed by atoms with Crippen molar-refractivity contribution in [1.29, 1.82) is 0 Å². The smallest absolute Gasteiger partial charge is 0.134 e. The van der Waals surface area contributed by atoms with Crippen molar-refractivity contribution in [1.82, 2.24) is 9.97 Å². The zero-order chi connectivity index (χ0) is 11.8. The second-order valence-electron chi connectivity index (χ2n) is 2.54. The molecule has 0 spiro atoms. The van der Waals surface area contributed by atoms with E-state index in [2.05, 4.69) is 9.97 Å². The van der Waals surface area contributed by atoms with Gasteiger partial charge in [-0.15, -0.1) is 0 Å². The first-order chi connectivity index (χ1) is 7.46. The van der Waals surface area contributed by atoms with Crippen molar-refractivity contribution in [2.45, 2.75) is 0 Å². The molecule has 1 aromatic carbocycles. The molecule has 2 aromatic rings. The number of fused-ring (bicyclic) bond motifs is 1. The number of nitrogens with zero attached hydrogens (tertiary/aromatic N) is 2. The van der Waals surface area contributed by atoms with Gasteiger partial charge in [-0.1, -0.05) is 0 Å². The molecule has 0 aliphatic carbocycles. The highest BCUT2D eigenvalue weighted by atomic mass is 16.5. The van der Waals surface area contributed by atoms with E-state index in [-0.39, 0.29) is 5.75 Å². The van der Waals surface area contributed by atoms with E-state index in [1.165, 1.54) is 18.5 Å². The Morgan fingerprint density at radius 1 is 1.46 bits per heavy atom. The topological polar surface area (TPSA) is 61.0 Å². The number of hydrogen-bond donors (Lipinski definition) is 1. The van der Waals surface area contributed by atoms with E-state index in [9.17, 15) is 0 Å². The molecule has 66 valence electrons. The first kappa shape index (κ1) is 5.01. The molecule has 13 heavy (non-hydrogen) atoms. The molecule has 2 N–H and O–H groups in total. The highest BCUT2D eigenvalue weighted by Gasteiger charge is 2.00. The number of methoxy groups -OCH3 is 1. The molecule has 0 saturated carbocycles. The Labute approximate surface area is 79.6 Å². The van der Waals surface area contributed by atoms with Gasteiger partial charge in [-0.25, -0.2) is 9.97 Å². The van der Waals surface area contributed by atoms with Gasteiger partial charge in [0.2, 0.25) is 0 Å². The Morgan fingerprint density at radius 3 is 3.23 bits per heavy atom. The van der Waals surface area contributed by atoms with Crippen molar-refractivity contribution >= 4 is 16.7 Å². The maximum atomic E-state index is 6.98. The summed E-state index contributed by atoms with van der Waals surface area (Å²) in [5.74, 6) is 0.509. The maximum Gasteiger partial charge on any atom is 0.134 e. The van der Waals surface area contributed by atoms with Crippen LogP contribution < -0.4 is 10.5 Å². The lowest BCUT2D eigenvalue weighted by molar-refractivity contribution is 0.415. The molecule has 0 aliphatic rings. The van der Waals surface area contributed by atoms with Gasteiger partial charge in [-0.3, -0.25) is 0 Å². The highest BCUT2D eigenvalue weighted by Crippen LogP contribution is 2.21. The zero-order valence-electron chi connectivity index (χ0n) is 9.69. The lowest BCUT2D eigenvalue weighted by Gasteiger charge is -2.02. The van der Waals surface area contributed by atoms with Crippen LogP contribution >= 0.6 is 0 Å². The minimum Gasteiger partial charge on any atom is -0.497 e. The summed E-state index contributed by atoms with van der Waals surface area (Å²) in [4.78, 5) is 7.81. The summed E-state index contributed by atoms with van der Waals surface area (Å²) in [6.07, 6.45) is 1.35. The lowest BCUT2D eigenvalue weighted by Crippen LogP contribution is -1.93. The van der Waals surface area contributed by atoms with Gasteiger partial charge in [0.1, 0.15) is 17.9 Å². The zero-order valence-corrected chi connectivity index (χ0v) is 6.69. The number of ether oxygens (including phenoxy) is 1. The number of nitrogen functional groups attached to an aromatic ring is 1. The molecule has 0 unspecified atom stereocenters. The Hall–Kier alpha value is -1.84. The summed E-state index contributed by atoms with van der Waals surface area (Å²) in [5.41, 5.74) is 6.29. The van der Waals surface area contributed by atoms with Crippen LogP contribution in [0.1, 0.15) is 4.11 Å². The number of benzene rings is 1. The van der Waals surface area contributed by atoms with Crippen LogP contribution in [0.5, 0.6) is 5.75 Å². The standard InChI is InChI=1S/C9H9N3O/c1-13-6-2-3-8-7(4-6)9(10)12-5-11-8/h2-5H,1H3,(H2,10,11,12)/i1D3. The second kappa shape index (κ2) is 2.90. The molecule has 0 fully saturated rings. The molecule has 4 heteroatoms. The molecule has 0 radical (unpaired) electrons. The van der Waals surface area contributed by atoms with Crippen LogP contribution in [-0.2, 0) is 0 Å². The molecule has 0 atom stereocenters. The van der Waals surface area contributed by atoms with Gasteiger partial charge in [0, 0.05) is 5.39 Å². The summed E-state index contributed by atoms with van der Waals surface area (Å²) in [7, 11) is -2.47. The molecule has 1 heterocycles. The monoisotopic (exact) mass is 178 g/mol. The van der Waals surface area contributed by atoms with Gasteiger partial charge < -0.3 is 10.5 Å². The van der Waals surface area contributed by atoms with E-state index in [1.54, 1.807) is 6.07 Å². The molecule has 1 aromatic heterocycles. The van der Waals surface area contributed by atoms with Crippen molar-refractivity contribution in [2.24, 2.45) is 0 Å². The first-order valence-electron chi connectivity index (χ1n) is 5.15. The van der Waals surface area contributed by atoms with Crippen LogP contribution in [0.25, 0.3) is 10.9 Å².